The van der Waals surface area contributed by atoms with Crippen LogP contribution >= 0.6 is 23.2 Å². The maximum Gasteiger partial charge on any atom is 0.244 e. The number of benzene rings is 2. The van der Waals surface area contributed by atoms with E-state index in [1.807, 2.05) is 0 Å². The summed E-state index contributed by atoms with van der Waals surface area (Å²) in [5, 5.41) is 19.8. The second kappa shape index (κ2) is 8.07. The summed E-state index contributed by atoms with van der Waals surface area (Å²) in [6.45, 7) is -0.873. The summed E-state index contributed by atoms with van der Waals surface area (Å²) in [4.78, 5) is -0.173. The van der Waals surface area contributed by atoms with E-state index in [-0.39, 0.29) is 45.9 Å². The number of hydrogen-bond donors (Lipinski definition) is 2. The van der Waals surface area contributed by atoms with E-state index in [2.05, 4.69) is 0 Å². The Morgan fingerprint density at radius 3 is 2.66 bits per heavy atom. The van der Waals surface area contributed by atoms with Gasteiger partial charge in [0.05, 0.1) is 17.1 Å². The molecule has 1 saturated heterocycles. The molecule has 1 aliphatic rings. The Kier molecular flexibility index (Phi) is 6.06. The number of ether oxygens (including phenoxy) is 1. The first kappa shape index (κ1) is 21.8. The topological polar surface area (TPSA) is 117 Å². The van der Waals surface area contributed by atoms with Crippen molar-refractivity contribution in [2.75, 3.05) is 19.6 Å². The van der Waals surface area contributed by atoms with Crippen molar-refractivity contribution in [2.24, 2.45) is 5.73 Å². The van der Waals surface area contributed by atoms with Gasteiger partial charge in [0.1, 0.15) is 34.2 Å². The number of hydrogen-bond acceptors (Lipinski definition) is 6. The summed E-state index contributed by atoms with van der Waals surface area (Å²) in [6, 6.07) is 9.21. The summed E-state index contributed by atoms with van der Waals surface area (Å²) in [5.74, 6) is -0.765. The van der Waals surface area contributed by atoms with Gasteiger partial charge in [0, 0.05) is 24.2 Å². The molecule has 29 heavy (non-hydrogen) atoms. The molecule has 0 radical (unpaired) electrons. The first-order valence-electron chi connectivity index (χ1n) is 8.34. The fraction of sp³-hybridized carbons (Fsp3) is 0.278. The van der Waals surface area contributed by atoms with Crippen molar-refractivity contribution < 1.29 is 22.7 Å². The quantitative estimate of drug-likeness (QED) is 0.707. The van der Waals surface area contributed by atoms with Crippen LogP contribution < -0.4 is 10.5 Å². The van der Waals surface area contributed by atoms with E-state index in [1.54, 1.807) is 6.07 Å². The molecule has 0 bridgehead atoms. The van der Waals surface area contributed by atoms with Gasteiger partial charge in [-0.25, -0.2) is 12.8 Å². The molecule has 0 saturated carbocycles. The van der Waals surface area contributed by atoms with Gasteiger partial charge < -0.3 is 15.6 Å². The molecule has 1 fully saturated rings. The Bertz CT molecular complexity index is 1090. The van der Waals surface area contributed by atoms with E-state index < -0.39 is 27.5 Å². The van der Waals surface area contributed by atoms with Crippen LogP contribution in [-0.4, -0.2) is 49.2 Å². The van der Waals surface area contributed by atoms with Gasteiger partial charge >= 0.3 is 0 Å². The van der Waals surface area contributed by atoms with E-state index >= 15 is 0 Å². The zero-order valence-corrected chi connectivity index (χ0v) is 17.2. The molecule has 2 atom stereocenters. The fourth-order valence-electron chi connectivity index (χ4n) is 3.00. The first-order valence-corrected chi connectivity index (χ1v) is 10.5. The van der Waals surface area contributed by atoms with Crippen LogP contribution in [-0.2, 0) is 10.0 Å². The Hall–Kier alpha value is -1.93. The number of aliphatic hydroxyl groups is 1. The van der Waals surface area contributed by atoms with Gasteiger partial charge in [-0.05, 0) is 30.3 Å². The lowest BCUT2D eigenvalue weighted by Crippen LogP contribution is -2.50. The van der Waals surface area contributed by atoms with Crippen LogP contribution in [0.3, 0.4) is 0 Å². The molecule has 2 aromatic rings. The number of nitriles is 1. The predicted molar refractivity (Wildman–Crippen MR) is 105 cm³/mol. The number of sulfonamides is 1. The molecule has 1 aliphatic heterocycles. The number of nitrogens with two attached hydrogens (primary N) is 1. The lowest BCUT2D eigenvalue weighted by molar-refractivity contribution is -0.0200. The van der Waals surface area contributed by atoms with Crippen LogP contribution in [0.5, 0.6) is 5.75 Å². The monoisotopic (exact) mass is 459 g/mol. The average Bonchev–Trinajstić information content (AvgIpc) is 2.99. The molecule has 0 amide bonds. The largest absolute Gasteiger partial charge is 0.486 e. The van der Waals surface area contributed by atoms with Crippen LogP contribution in [0.2, 0.25) is 10.0 Å². The van der Waals surface area contributed by atoms with E-state index in [9.17, 15) is 17.9 Å². The molecule has 0 unspecified atom stereocenters. The molecule has 3 rings (SSSR count). The van der Waals surface area contributed by atoms with Gasteiger partial charge in [-0.2, -0.15) is 9.57 Å². The summed E-state index contributed by atoms with van der Waals surface area (Å²) < 4.78 is 46.5. The Morgan fingerprint density at radius 1 is 1.34 bits per heavy atom. The molecule has 11 heteroatoms. The minimum atomic E-state index is -4.08. The average molecular weight is 460 g/mol. The SMILES string of the molecule is N#Cc1ccc(O[C@H]2CN(S(=O)(=O)c3ccc(Cl)cc3Cl)C[C@@]2(O)CN)cc1F. The smallest absolute Gasteiger partial charge is 0.244 e. The van der Waals surface area contributed by atoms with Gasteiger partial charge in [-0.15, -0.1) is 0 Å². The van der Waals surface area contributed by atoms with Crippen LogP contribution in [0.1, 0.15) is 5.56 Å². The number of β-amino-alcohol motifs (C(OH)–C–C–N with tert-alkyl or cyclic N) is 1. The second-order valence-electron chi connectivity index (χ2n) is 6.54. The van der Waals surface area contributed by atoms with Gasteiger partial charge in [-0.3, -0.25) is 0 Å². The van der Waals surface area contributed by atoms with Crippen molar-refractivity contribution in [2.45, 2.75) is 16.6 Å². The van der Waals surface area contributed by atoms with Gasteiger partial charge in [0.15, 0.2) is 0 Å². The summed E-state index contributed by atoms with van der Waals surface area (Å²) in [7, 11) is -4.08. The number of nitrogens with zero attached hydrogens (tertiary/aromatic N) is 2. The zero-order valence-electron chi connectivity index (χ0n) is 14.8. The zero-order chi connectivity index (χ0) is 21.4. The molecule has 3 N–H and O–H groups in total. The van der Waals surface area contributed by atoms with Gasteiger partial charge in [-0.1, -0.05) is 23.2 Å². The number of rotatable bonds is 5. The molecule has 7 nitrogen and oxygen atoms in total. The van der Waals surface area contributed by atoms with Crippen molar-refractivity contribution >= 4 is 33.2 Å². The highest BCUT2D eigenvalue weighted by atomic mass is 35.5. The Morgan fingerprint density at radius 2 is 2.07 bits per heavy atom. The molecule has 154 valence electrons. The second-order valence-corrected chi connectivity index (χ2v) is 9.29. The molecule has 1 heterocycles. The molecular formula is C18H16Cl2FN3O4S. The highest BCUT2D eigenvalue weighted by Crippen LogP contribution is 2.33. The standard InChI is InChI=1S/C18H16Cl2FN3O4S/c19-12-2-4-16(14(20)5-12)29(26,27)24-8-17(18(25,9-23)10-24)28-13-3-1-11(7-22)15(21)6-13/h1-6,17,25H,8-10,23H2/t17-,18-/m0/s1. The van der Waals surface area contributed by atoms with E-state index in [1.165, 1.54) is 30.3 Å². The van der Waals surface area contributed by atoms with Crippen LogP contribution in [0, 0.1) is 17.1 Å². The van der Waals surface area contributed by atoms with Crippen molar-refractivity contribution in [1.29, 1.82) is 5.26 Å². The predicted octanol–water partition coefficient (Wildman–Crippen LogP) is 2.15. The maximum absolute atomic E-state index is 13.8. The third-order valence-electron chi connectivity index (χ3n) is 4.62. The first-order chi connectivity index (χ1) is 13.6. The summed E-state index contributed by atoms with van der Waals surface area (Å²) in [5.41, 5.74) is 3.79. The molecule has 2 aromatic carbocycles. The van der Waals surface area contributed by atoms with Crippen LogP contribution in [0.15, 0.2) is 41.3 Å². The highest BCUT2D eigenvalue weighted by Gasteiger charge is 2.50. The number of halogens is 3. The third kappa shape index (κ3) is 4.19. The van der Waals surface area contributed by atoms with E-state index in [4.69, 9.17) is 38.9 Å². The minimum absolute atomic E-state index is 0.0298. The molecular weight excluding hydrogens is 444 g/mol. The Balaban J connectivity index is 1.89. The molecule has 0 spiro atoms. The van der Waals surface area contributed by atoms with Crippen LogP contribution in [0.25, 0.3) is 0 Å². The van der Waals surface area contributed by atoms with Crippen molar-refractivity contribution in [3.05, 3.63) is 57.8 Å². The maximum atomic E-state index is 13.8. The minimum Gasteiger partial charge on any atom is -0.486 e. The highest BCUT2D eigenvalue weighted by molar-refractivity contribution is 7.89. The van der Waals surface area contributed by atoms with Crippen LogP contribution in [0.4, 0.5) is 4.39 Å². The fourth-order valence-corrected chi connectivity index (χ4v) is 5.25. The lowest BCUT2D eigenvalue weighted by Gasteiger charge is -2.27. The lowest BCUT2D eigenvalue weighted by atomic mass is 10.0. The Labute approximate surface area is 177 Å². The van der Waals surface area contributed by atoms with Crippen molar-refractivity contribution in [1.82, 2.24) is 4.31 Å². The third-order valence-corrected chi connectivity index (χ3v) is 7.15. The molecule has 0 aromatic heterocycles. The summed E-state index contributed by atoms with van der Waals surface area (Å²) in [6.07, 6.45) is -1.07. The molecule has 0 aliphatic carbocycles. The normalized spacial score (nSPS) is 22.4. The van der Waals surface area contributed by atoms with Crippen molar-refractivity contribution in [3.8, 4) is 11.8 Å². The van der Waals surface area contributed by atoms with Gasteiger partial charge in [0.25, 0.3) is 0 Å². The van der Waals surface area contributed by atoms with Gasteiger partial charge in [0.2, 0.25) is 10.0 Å². The summed E-state index contributed by atoms with van der Waals surface area (Å²) >= 11 is 11.9. The van der Waals surface area contributed by atoms with E-state index in [0.29, 0.717) is 0 Å². The van der Waals surface area contributed by atoms with E-state index in [0.717, 1.165) is 10.4 Å². The van der Waals surface area contributed by atoms with Crippen molar-refractivity contribution in [3.63, 3.8) is 0 Å².